The number of nitrogens with one attached hydrogen (secondary N) is 1. The number of nitrogen functional groups attached to an aromatic ring is 1. The fourth-order valence-electron chi connectivity index (χ4n) is 7.78. The van der Waals surface area contributed by atoms with Crippen LogP contribution in [0.2, 0.25) is 0 Å². The lowest BCUT2D eigenvalue weighted by Gasteiger charge is -2.19. The molecule has 72 heavy (non-hydrogen) atoms. The minimum atomic E-state index is -0.881. The molecule has 7 heterocycles. The summed E-state index contributed by atoms with van der Waals surface area (Å²) in [5.74, 6) is 0.0685. The summed E-state index contributed by atoms with van der Waals surface area (Å²) in [5, 5.41) is 30.2. The third-order valence-electron chi connectivity index (χ3n) is 11.3. The van der Waals surface area contributed by atoms with Crippen LogP contribution in [0.4, 0.5) is 20.4 Å². The van der Waals surface area contributed by atoms with Gasteiger partial charge in [0, 0.05) is 54.5 Å². The van der Waals surface area contributed by atoms with E-state index in [-0.39, 0.29) is 28.5 Å². The second kappa shape index (κ2) is 22.1. The zero-order valence-electron chi connectivity index (χ0n) is 39.2. The Morgan fingerprint density at radius 1 is 0.778 bits per heavy atom. The van der Waals surface area contributed by atoms with Gasteiger partial charge in [-0.3, -0.25) is 33.7 Å². The van der Waals surface area contributed by atoms with Crippen LogP contribution in [0, 0.1) is 25.5 Å². The number of nitrogens with zero attached hydrogens (tertiary/aromatic N) is 10. The van der Waals surface area contributed by atoms with E-state index in [1.54, 1.807) is 68.7 Å². The second-order valence-electron chi connectivity index (χ2n) is 16.3. The first-order valence-corrected chi connectivity index (χ1v) is 23.8. The quantitative estimate of drug-likeness (QED) is 0.0871. The maximum atomic E-state index is 13.4. The van der Waals surface area contributed by atoms with Gasteiger partial charge in [0.1, 0.15) is 40.9 Å². The highest BCUT2D eigenvalue weighted by Crippen LogP contribution is 2.47. The third kappa shape index (κ3) is 11.1. The molecule has 1 atom stereocenters. The molecule has 0 aliphatic carbocycles. The number of aromatic nitrogens is 10. The fraction of sp³-hybridized carbons (Fsp3) is 0.135. The summed E-state index contributed by atoms with van der Waals surface area (Å²) in [6, 6.07) is 33.6. The molecular formula is C52H46F2N12O4S2. The monoisotopic (exact) mass is 1000 g/mol. The van der Waals surface area contributed by atoms with Crippen LogP contribution in [0.1, 0.15) is 37.9 Å². The zero-order chi connectivity index (χ0) is 51.1. The van der Waals surface area contributed by atoms with Gasteiger partial charge in [-0.05, 0) is 128 Å². The first-order valence-electron chi connectivity index (χ1n) is 22.1. The van der Waals surface area contributed by atoms with Crippen molar-refractivity contribution < 1.29 is 28.3 Å². The molecular weight excluding hydrogens is 959 g/mol. The SMILES string of the molecule is Cc1cc2c(cnn2-c2ccc(F)cc2)cc1C1SCC(=O)Nc2c1c(-c1ccccn1)nn2C.Cc1cc2c(cnn2-c2ccc(F)cc2)cc1C=O.Cn1nc(-c2ccccn2)cc1N.O=C(O)CS. The van der Waals surface area contributed by atoms with Crippen LogP contribution in [0.15, 0.2) is 140 Å². The minimum Gasteiger partial charge on any atom is -0.481 e. The number of carboxylic acid groups (broad SMARTS) is 1. The summed E-state index contributed by atoms with van der Waals surface area (Å²) in [5.41, 5.74) is 16.9. The van der Waals surface area contributed by atoms with Crippen LogP contribution in [0.3, 0.4) is 0 Å². The summed E-state index contributed by atoms with van der Waals surface area (Å²) >= 11 is 4.99. The molecule has 0 spiro atoms. The van der Waals surface area contributed by atoms with Crippen molar-refractivity contribution in [3.8, 4) is 34.2 Å². The number of benzene rings is 4. The Balaban J connectivity index is 0.000000156. The molecule has 6 aromatic heterocycles. The molecule has 10 aromatic rings. The number of aryl methyl sites for hydroxylation is 4. The molecule has 1 amide bonds. The van der Waals surface area contributed by atoms with E-state index in [2.05, 4.69) is 62.3 Å². The minimum absolute atomic E-state index is 0.0582. The number of carboxylic acids is 1. The summed E-state index contributed by atoms with van der Waals surface area (Å²) < 4.78 is 33.3. The summed E-state index contributed by atoms with van der Waals surface area (Å²) in [6.45, 7) is 3.94. The molecule has 0 bridgehead atoms. The largest absolute Gasteiger partial charge is 0.481 e. The molecule has 16 nitrogen and oxygen atoms in total. The van der Waals surface area contributed by atoms with Gasteiger partial charge >= 0.3 is 5.97 Å². The van der Waals surface area contributed by atoms with E-state index in [4.69, 9.17) is 15.9 Å². The molecule has 0 fully saturated rings. The van der Waals surface area contributed by atoms with E-state index in [1.165, 1.54) is 24.3 Å². The van der Waals surface area contributed by atoms with Crippen LogP contribution in [-0.4, -0.2) is 83.9 Å². The number of pyridine rings is 2. The van der Waals surface area contributed by atoms with Crippen LogP contribution in [0.25, 0.3) is 56.0 Å². The highest BCUT2D eigenvalue weighted by molar-refractivity contribution is 8.00. The van der Waals surface area contributed by atoms with Crippen molar-refractivity contribution in [1.29, 1.82) is 0 Å². The van der Waals surface area contributed by atoms with E-state index in [1.807, 2.05) is 86.5 Å². The van der Waals surface area contributed by atoms with E-state index in [0.29, 0.717) is 23.0 Å². The lowest BCUT2D eigenvalue weighted by molar-refractivity contribution is -0.133. The number of carbonyl (C=O) groups is 3. The van der Waals surface area contributed by atoms with Gasteiger partial charge in [-0.2, -0.15) is 33.0 Å². The third-order valence-corrected chi connectivity index (χ3v) is 12.9. The van der Waals surface area contributed by atoms with Crippen LogP contribution in [0.5, 0.6) is 0 Å². The van der Waals surface area contributed by atoms with Crippen LogP contribution < -0.4 is 11.1 Å². The Morgan fingerprint density at radius 2 is 1.33 bits per heavy atom. The van der Waals surface area contributed by atoms with E-state index in [0.717, 1.165) is 84.5 Å². The van der Waals surface area contributed by atoms with E-state index in [9.17, 15) is 23.2 Å². The molecule has 0 radical (unpaired) electrons. The highest BCUT2D eigenvalue weighted by Gasteiger charge is 2.33. The smallest absolute Gasteiger partial charge is 0.313 e. The van der Waals surface area contributed by atoms with Gasteiger partial charge in [-0.25, -0.2) is 18.1 Å². The molecule has 1 aliphatic heterocycles. The lowest BCUT2D eigenvalue weighted by atomic mass is 9.97. The number of hydrogen-bond donors (Lipinski definition) is 4. The van der Waals surface area contributed by atoms with Crippen molar-refractivity contribution in [3.63, 3.8) is 0 Å². The molecule has 0 saturated carbocycles. The van der Waals surface area contributed by atoms with Gasteiger partial charge in [0.25, 0.3) is 0 Å². The summed E-state index contributed by atoms with van der Waals surface area (Å²) in [6.07, 6.45) is 7.83. The zero-order valence-corrected chi connectivity index (χ0v) is 40.9. The molecule has 0 saturated heterocycles. The Hall–Kier alpha value is -8.49. The highest BCUT2D eigenvalue weighted by atomic mass is 32.2. The summed E-state index contributed by atoms with van der Waals surface area (Å²) in [7, 11) is 3.64. The van der Waals surface area contributed by atoms with E-state index < -0.39 is 5.97 Å². The molecule has 20 heteroatoms. The number of carbonyl (C=O) groups excluding carboxylic acids is 2. The predicted molar refractivity (Wildman–Crippen MR) is 279 cm³/mol. The number of fused-ring (bicyclic) bond motifs is 3. The van der Waals surface area contributed by atoms with Gasteiger partial charge in [-0.15, -0.1) is 11.8 Å². The number of amides is 1. The number of aliphatic carboxylic acids is 1. The number of thioether (sulfide) groups is 1. The average molecular weight is 1010 g/mol. The molecule has 1 unspecified atom stereocenters. The van der Waals surface area contributed by atoms with Gasteiger partial charge < -0.3 is 16.2 Å². The number of rotatable bonds is 7. The van der Waals surface area contributed by atoms with Gasteiger partial charge in [0.2, 0.25) is 5.91 Å². The molecule has 11 rings (SSSR count). The Kier molecular flexibility index (Phi) is 15.3. The number of anilines is 2. The van der Waals surface area contributed by atoms with Crippen molar-refractivity contribution in [3.05, 3.63) is 180 Å². The first-order chi connectivity index (χ1) is 34.7. The standard InChI is InChI=1S/C26H21FN6OS.C15H11FN2O.C9H10N4.C2H4O2S/c1-15-11-21-16(13-29-33(21)18-8-6-17(27)7-9-18)12-19(15)25-23-24(20-5-3-4-10-28-20)31-32(2)26(23)30-22(34)14-35-25;1-10-6-15-11(7-12(10)9-19)8-17-18(15)14-4-2-13(16)3-5-14;1-13-9(10)6-8(12-13)7-4-2-3-5-11-7;3-2(4)1-5/h3-13,25H,14H2,1-2H3,(H,30,34);2-9H,1H3;2-6H,10H2,1H3;5H,1H2,(H,3,4). The molecule has 4 N–H and O–H groups in total. The Bertz CT molecular complexity index is 3530. The second-order valence-corrected chi connectivity index (χ2v) is 17.7. The number of thiol groups is 1. The predicted octanol–water partition coefficient (Wildman–Crippen LogP) is 9.39. The van der Waals surface area contributed by atoms with Crippen molar-refractivity contribution >= 4 is 76.0 Å². The number of halogens is 2. The van der Waals surface area contributed by atoms with Gasteiger partial charge in [-0.1, -0.05) is 12.1 Å². The Labute approximate surface area is 421 Å². The van der Waals surface area contributed by atoms with Crippen molar-refractivity contribution in [2.24, 2.45) is 14.1 Å². The van der Waals surface area contributed by atoms with Crippen LogP contribution in [-0.2, 0) is 23.7 Å². The maximum absolute atomic E-state index is 13.4. The fourth-order valence-corrected chi connectivity index (χ4v) is 9.00. The number of nitrogens with two attached hydrogens (primary N) is 1. The van der Waals surface area contributed by atoms with Crippen molar-refractivity contribution in [1.82, 2.24) is 49.1 Å². The number of aldehydes is 1. The Morgan fingerprint density at radius 3 is 1.85 bits per heavy atom. The van der Waals surface area contributed by atoms with Crippen molar-refractivity contribution in [2.75, 3.05) is 22.6 Å². The first kappa shape index (κ1) is 49.9. The lowest BCUT2D eigenvalue weighted by Crippen LogP contribution is -2.15. The van der Waals surface area contributed by atoms with E-state index >= 15 is 0 Å². The summed E-state index contributed by atoms with van der Waals surface area (Å²) in [4.78, 5) is 41.5. The van der Waals surface area contributed by atoms with Crippen LogP contribution >= 0.6 is 24.4 Å². The normalized spacial score (nSPS) is 12.8. The number of hydrogen-bond acceptors (Lipinski definition) is 12. The molecule has 364 valence electrons. The topological polar surface area (TPSA) is 207 Å². The van der Waals surface area contributed by atoms with Gasteiger partial charge in [0.05, 0.1) is 62.9 Å². The molecule has 1 aliphatic rings. The average Bonchev–Trinajstić information content (AvgIpc) is 4.14. The van der Waals surface area contributed by atoms with Crippen molar-refractivity contribution in [2.45, 2.75) is 19.1 Å². The van der Waals surface area contributed by atoms with Gasteiger partial charge in [0.15, 0.2) is 0 Å². The maximum Gasteiger partial charge on any atom is 0.313 e. The molecule has 4 aromatic carbocycles.